The molecule has 4 aromatic rings. The van der Waals surface area contributed by atoms with E-state index < -0.39 is 0 Å². The van der Waals surface area contributed by atoms with Crippen molar-refractivity contribution in [3.05, 3.63) is 88.6 Å². The molecule has 0 saturated carbocycles. The Labute approximate surface area is 215 Å². The fourth-order valence-corrected chi connectivity index (χ4v) is 5.99. The normalized spacial score (nSPS) is 20.8. The van der Waals surface area contributed by atoms with Crippen LogP contribution in [0, 0.1) is 0 Å². The third-order valence-corrected chi connectivity index (χ3v) is 7.71. The predicted octanol–water partition coefficient (Wildman–Crippen LogP) is 3.96. The monoisotopic (exact) mass is 497 g/mol. The number of piperidine rings is 1. The van der Waals surface area contributed by atoms with Gasteiger partial charge in [-0.3, -0.25) is 14.3 Å². The highest BCUT2D eigenvalue weighted by atomic mass is 16.5. The summed E-state index contributed by atoms with van der Waals surface area (Å²) in [6.45, 7) is 0.656. The number of fused-ring (bicyclic) bond motifs is 3. The Morgan fingerprint density at radius 2 is 1.86 bits per heavy atom. The zero-order valence-electron chi connectivity index (χ0n) is 20.9. The van der Waals surface area contributed by atoms with Gasteiger partial charge in [0.1, 0.15) is 5.75 Å². The maximum atomic E-state index is 13.3. The van der Waals surface area contributed by atoms with Crippen LogP contribution in [0.25, 0.3) is 10.8 Å². The molecule has 8 nitrogen and oxygen atoms in total. The Bertz CT molecular complexity index is 1460. The number of pyridine rings is 1. The number of ether oxygens (including phenoxy) is 1. The standard InChI is InChI=1S/C29H31N5O3/c1-37-26-7-2-19(3-8-26)17-33-18-20(16-31-33)12-28(35)34-24-5-6-25(34)15-23(14-24)32-22-4-9-27-21(13-22)10-11-30-29(27)36/h2-4,7-11,13,16,18,23-25,32H,5-6,12,14-15,17H2,1H3,(H,30,36)/t23?,24-,25+. The number of rotatable bonds is 7. The summed E-state index contributed by atoms with van der Waals surface area (Å²) in [6.07, 6.45) is 9.83. The minimum absolute atomic E-state index is 0.0693. The molecule has 2 aromatic carbocycles. The zero-order valence-corrected chi connectivity index (χ0v) is 20.9. The molecule has 2 bridgehead atoms. The number of carbonyl (C=O) groups excluding carboxylic acids is 1. The van der Waals surface area contributed by atoms with Gasteiger partial charge in [0.15, 0.2) is 0 Å². The van der Waals surface area contributed by atoms with Crippen molar-refractivity contribution in [3.63, 3.8) is 0 Å². The Balaban J connectivity index is 1.07. The molecule has 0 radical (unpaired) electrons. The van der Waals surface area contributed by atoms with E-state index >= 15 is 0 Å². The van der Waals surface area contributed by atoms with Crippen molar-refractivity contribution in [3.8, 4) is 5.75 Å². The van der Waals surface area contributed by atoms with Crippen molar-refractivity contribution in [2.24, 2.45) is 0 Å². The lowest BCUT2D eigenvalue weighted by molar-refractivity contribution is -0.134. The van der Waals surface area contributed by atoms with Crippen LogP contribution in [0.3, 0.4) is 0 Å². The summed E-state index contributed by atoms with van der Waals surface area (Å²) in [5.74, 6) is 1.03. The molecule has 2 aliphatic rings. The highest BCUT2D eigenvalue weighted by Gasteiger charge is 2.43. The summed E-state index contributed by atoms with van der Waals surface area (Å²) in [7, 11) is 1.66. The molecule has 2 aromatic heterocycles. The number of nitrogens with zero attached hydrogens (tertiary/aromatic N) is 3. The highest BCUT2D eigenvalue weighted by Crippen LogP contribution is 2.37. The van der Waals surface area contributed by atoms with Crippen LogP contribution in [0.1, 0.15) is 36.8 Å². The average Bonchev–Trinajstić information content (AvgIpc) is 3.45. The molecule has 1 amide bonds. The van der Waals surface area contributed by atoms with Crippen LogP contribution in [-0.4, -0.2) is 50.8 Å². The van der Waals surface area contributed by atoms with Gasteiger partial charge in [-0.25, -0.2) is 0 Å². The van der Waals surface area contributed by atoms with Crippen LogP contribution in [0.15, 0.2) is 71.9 Å². The van der Waals surface area contributed by atoms with Gasteiger partial charge in [0.25, 0.3) is 5.56 Å². The van der Waals surface area contributed by atoms with E-state index in [0.29, 0.717) is 24.4 Å². The number of hydrogen-bond acceptors (Lipinski definition) is 5. The van der Waals surface area contributed by atoms with Crippen molar-refractivity contribution < 1.29 is 9.53 Å². The van der Waals surface area contributed by atoms with Gasteiger partial charge in [0.2, 0.25) is 5.91 Å². The fourth-order valence-electron chi connectivity index (χ4n) is 5.99. The third-order valence-electron chi connectivity index (χ3n) is 7.71. The Kier molecular flexibility index (Phi) is 6.16. The number of aromatic amines is 1. The van der Waals surface area contributed by atoms with Crippen molar-refractivity contribution in [2.75, 3.05) is 12.4 Å². The van der Waals surface area contributed by atoms with E-state index in [1.165, 1.54) is 0 Å². The second kappa shape index (κ2) is 9.76. The first-order valence-corrected chi connectivity index (χ1v) is 12.9. The predicted molar refractivity (Wildman–Crippen MR) is 143 cm³/mol. The first-order chi connectivity index (χ1) is 18.1. The van der Waals surface area contributed by atoms with Gasteiger partial charge in [-0.1, -0.05) is 12.1 Å². The highest BCUT2D eigenvalue weighted by molar-refractivity contribution is 5.84. The quantitative estimate of drug-likeness (QED) is 0.403. The van der Waals surface area contributed by atoms with Crippen molar-refractivity contribution in [1.82, 2.24) is 19.7 Å². The number of anilines is 1. The number of benzene rings is 2. The van der Waals surface area contributed by atoms with Crippen LogP contribution in [0.4, 0.5) is 5.69 Å². The molecular formula is C29H31N5O3. The molecule has 2 fully saturated rings. The molecule has 2 aliphatic heterocycles. The molecule has 190 valence electrons. The van der Waals surface area contributed by atoms with Crippen LogP contribution < -0.4 is 15.6 Å². The summed E-state index contributed by atoms with van der Waals surface area (Å²) < 4.78 is 7.10. The molecule has 6 rings (SSSR count). The third kappa shape index (κ3) is 4.83. The number of hydrogen-bond donors (Lipinski definition) is 2. The van der Waals surface area contributed by atoms with E-state index in [1.807, 2.05) is 65.6 Å². The summed E-state index contributed by atoms with van der Waals surface area (Å²) in [5.41, 5.74) is 3.03. The topological polar surface area (TPSA) is 92.2 Å². The second-order valence-electron chi connectivity index (χ2n) is 10.2. The minimum Gasteiger partial charge on any atom is -0.497 e. The molecule has 8 heteroatoms. The van der Waals surface area contributed by atoms with Gasteiger partial charge in [-0.05, 0) is 78.6 Å². The van der Waals surface area contributed by atoms with Crippen LogP contribution in [-0.2, 0) is 17.8 Å². The molecule has 3 atom stereocenters. The van der Waals surface area contributed by atoms with E-state index in [4.69, 9.17) is 4.74 Å². The van der Waals surface area contributed by atoms with Gasteiger partial charge in [0.05, 0.1) is 26.3 Å². The lowest BCUT2D eigenvalue weighted by atomic mass is 9.96. The van der Waals surface area contributed by atoms with Crippen LogP contribution in [0.5, 0.6) is 5.75 Å². The maximum absolute atomic E-state index is 13.3. The van der Waals surface area contributed by atoms with Gasteiger partial charge < -0.3 is 19.9 Å². The molecule has 37 heavy (non-hydrogen) atoms. The van der Waals surface area contributed by atoms with Crippen molar-refractivity contribution in [2.45, 2.75) is 56.8 Å². The summed E-state index contributed by atoms with van der Waals surface area (Å²) in [4.78, 5) is 30.2. The number of H-pyrrole nitrogens is 1. The minimum atomic E-state index is -0.0693. The largest absolute Gasteiger partial charge is 0.497 e. The average molecular weight is 498 g/mol. The van der Waals surface area contributed by atoms with Gasteiger partial charge in [-0.2, -0.15) is 5.10 Å². The summed E-state index contributed by atoms with van der Waals surface area (Å²) >= 11 is 0. The number of amides is 1. The zero-order chi connectivity index (χ0) is 25.4. The van der Waals surface area contributed by atoms with E-state index in [9.17, 15) is 9.59 Å². The van der Waals surface area contributed by atoms with E-state index in [-0.39, 0.29) is 23.6 Å². The molecule has 0 aliphatic carbocycles. The Morgan fingerprint density at radius 1 is 1.08 bits per heavy atom. The van der Waals surface area contributed by atoms with Gasteiger partial charge >= 0.3 is 0 Å². The van der Waals surface area contributed by atoms with Crippen LogP contribution >= 0.6 is 0 Å². The van der Waals surface area contributed by atoms with Gasteiger partial charge in [-0.15, -0.1) is 0 Å². The second-order valence-corrected chi connectivity index (χ2v) is 10.2. The Hall–Kier alpha value is -4.07. The lowest BCUT2D eigenvalue weighted by Crippen LogP contribution is -2.50. The SMILES string of the molecule is COc1ccc(Cn2cc(CC(=O)N3[C@@H]4CC[C@H]3CC(Nc3ccc5c(=O)[nH]ccc5c3)C4)cn2)cc1. The molecule has 0 spiro atoms. The number of nitrogens with one attached hydrogen (secondary N) is 2. The fraction of sp³-hybridized carbons (Fsp3) is 0.345. The van der Waals surface area contributed by atoms with Crippen LogP contribution in [0.2, 0.25) is 0 Å². The number of carbonyl (C=O) groups is 1. The number of methoxy groups -OCH3 is 1. The summed E-state index contributed by atoms with van der Waals surface area (Å²) in [5, 5.41) is 9.76. The van der Waals surface area contributed by atoms with Crippen molar-refractivity contribution in [1.29, 1.82) is 0 Å². The maximum Gasteiger partial charge on any atom is 0.255 e. The first kappa shape index (κ1) is 23.3. The van der Waals surface area contributed by atoms with E-state index in [1.54, 1.807) is 13.3 Å². The number of aromatic nitrogens is 3. The lowest BCUT2D eigenvalue weighted by Gasteiger charge is -2.39. The van der Waals surface area contributed by atoms with Gasteiger partial charge in [0, 0.05) is 41.6 Å². The smallest absolute Gasteiger partial charge is 0.255 e. The Morgan fingerprint density at radius 3 is 2.62 bits per heavy atom. The molecule has 2 N–H and O–H groups in total. The van der Waals surface area contributed by atoms with Crippen molar-refractivity contribution >= 4 is 22.4 Å². The van der Waals surface area contributed by atoms with E-state index in [2.05, 4.69) is 20.3 Å². The molecule has 1 unspecified atom stereocenters. The first-order valence-electron chi connectivity index (χ1n) is 12.9. The summed E-state index contributed by atoms with van der Waals surface area (Å²) in [6, 6.07) is 16.6. The molecular weight excluding hydrogens is 466 g/mol. The molecule has 4 heterocycles. The molecule has 2 saturated heterocycles. The van der Waals surface area contributed by atoms with E-state index in [0.717, 1.165) is 53.6 Å².